The van der Waals surface area contributed by atoms with Crippen molar-refractivity contribution >= 4 is 0 Å². The van der Waals surface area contributed by atoms with Crippen LogP contribution >= 0.6 is 0 Å². The van der Waals surface area contributed by atoms with Crippen molar-refractivity contribution in [3.05, 3.63) is 0 Å². The fraction of sp³-hybridized carbons (Fsp3) is 1.00. The topological polar surface area (TPSA) is 41.5 Å². The maximum atomic E-state index is 10.1. The van der Waals surface area contributed by atoms with Gasteiger partial charge in [0.2, 0.25) is 0 Å². The fourth-order valence-corrected chi connectivity index (χ4v) is 1.05. The molecular formula is C11H25NO2. The number of β-amino-alcohol motifs (C(OH)–C–C–N with tert-alkyl or cyclic N) is 1. The van der Waals surface area contributed by atoms with Gasteiger partial charge in [-0.05, 0) is 27.7 Å². The van der Waals surface area contributed by atoms with Crippen molar-refractivity contribution in [2.45, 2.75) is 45.8 Å². The van der Waals surface area contributed by atoms with Gasteiger partial charge in [-0.15, -0.1) is 0 Å². The summed E-state index contributed by atoms with van der Waals surface area (Å²) >= 11 is 0. The Morgan fingerprint density at radius 1 is 1.29 bits per heavy atom. The minimum absolute atomic E-state index is 0.0385. The molecule has 2 atom stereocenters. The molecule has 3 heteroatoms. The lowest BCUT2D eigenvalue weighted by Crippen LogP contribution is -2.50. The molecule has 0 amide bonds. The average Bonchev–Trinajstić information content (AvgIpc) is 2.00. The predicted octanol–water partition coefficient (Wildman–Crippen LogP) is 1.41. The largest absolute Gasteiger partial charge is 0.388 e. The van der Waals surface area contributed by atoms with Gasteiger partial charge in [-0.25, -0.2) is 0 Å². The summed E-state index contributed by atoms with van der Waals surface area (Å²) in [5.41, 5.74) is -0.680. The van der Waals surface area contributed by atoms with Crippen LogP contribution < -0.4 is 5.32 Å². The summed E-state index contributed by atoms with van der Waals surface area (Å²) in [4.78, 5) is 0. The lowest BCUT2D eigenvalue weighted by molar-refractivity contribution is -0.0274. The molecular weight excluding hydrogens is 178 g/mol. The maximum absolute atomic E-state index is 10.1. The number of rotatable bonds is 5. The highest BCUT2D eigenvalue weighted by Crippen LogP contribution is 2.17. The van der Waals surface area contributed by atoms with Gasteiger partial charge >= 0.3 is 0 Å². The molecule has 0 aromatic rings. The fourth-order valence-electron chi connectivity index (χ4n) is 1.05. The Morgan fingerprint density at radius 2 is 1.79 bits per heavy atom. The van der Waals surface area contributed by atoms with E-state index in [2.05, 4.69) is 26.1 Å². The van der Waals surface area contributed by atoms with E-state index in [-0.39, 0.29) is 11.5 Å². The van der Waals surface area contributed by atoms with Crippen LogP contribution in [0.3, 0.4) is 0 Å². The highest BCUT2D eigenvalue weighted by Gasteiger charge is 2.29. The van der Waals surface area contributed by atoms with E-state index < -0.39 is 5.60 Å². The summed E-state index contributed by atoms with van der Waals surface area (Å²) < 4.78 is 5.03. The zero-order valence-electron chi connectivity index (χ0n) is 10.3. The Balaban J connectivity index is 4.06. The number of hydrogen-bond donors (Lipinski definition) is 2. The summed E-state index contributed by atoms with van der Waals surface area (Å²) in [7, 11) is 1.66. The third kappa shape index (κ3) is 5.58. The molecule has 0 aliphatic carbocycles. The van der Waals surface area contributed by atoms with Crippen molar-refractivity contribution in [2.75, 3.05) is 20.3 Å². The molecule has 3 nitrogen and oxygen atoms in total. The Bertz CT molecular complexity index is 161. The van der Waals surface area contributed by atoms with E-state index in [4.69, 9.17) is 4.74 Å². The average molecular weight is 203 g/mol. The van der Waals surface area contributed by atoms with E-state index in [1.165, 1.54) is 0 Å². The number of methoxy groups -OCH3 is 1. The van der Waals surface area contributed by atoms with Gasteiger partial charge in [0.1, 0.15) is 0 Å². The summed E-state index contributed by atoms with van der Waals surface area (Å²) in [5, 5.41) is 13.4. The predicted molar refractivity (Wildman–Crippen MR) is 59.4 cm³/mol. The summed E-state index contributed by atoms with van der Waals surface area (Å²) in [6.07, 6.45) is 0. The highest BCUT2D eigenvalue weighted by atomic mass is 16.5. The van der Waals surface area contributed by atoms with Crippen molar-refractivity contribution < 1.29 is 9.84 Å². The van der Waals surface area contributed by atoms with Crippen molar-refractivity contribution in [1.29, 1.82) is 0 Å². The van der Waals surface area contributed by atoms with Crippen LogP contribution in [0.5, 0.6) is 0 Å². The lowest BCUT2D eigenvalue weighted by Gasteiger charge is -2.33. The molecule has 2 unspecified atom stereocenters. The molecule has 2 N–H and O–H groups in total. The first-order valence-corrected chi connectivity index (χ1v) is 5.15. The van der Waals surface area contributed by atoms with Crippen LogP contribution in [-0.2, 0) is 4.74 Å². The van der Waals surface area contributed by atoms with Gasteiger partial charge in [-0.1, -0.05) is 6.92 Å². The first kappa shape index (κ1) is 13.9. The van der Waals surface area contributed by atoms with E-state index in [1.807, 2.05) is 13.8 Å². The van der Waals surface area contributed by atoms with Crippen LogP contribution in [0.2, 0.25) is 0 Å². The molecule has 0 bridgehead atoms. The molecule has 0 aromatic heterocycles. The third-order valence-electron chi connectivity index (χ3n) is 2.45. The first-order chi connectivity index (χ1) is 6.19. The minimum Gasteiger partial charge on any atom is -0.388 e. The zero-order chi connectivity index (χ0) is 11.4. The molecule has 0 aliphatic rings. The van der Waals surface area contributed by atoms with Gasteiger partial charge in [0, 0.05) is 25.1 Å². The lowest BCUT2D eigenvalue weighted by atomic mass is 9.90. The van der Waals surface area contributed by atoms with Crippen LogP contribution in [0.1, 0.15) is 34.6 Å². The van der Waals surface area contributed by atoms with Crippen LogP contribution in [0.4, 0.5) is 0 Å². The van der Waals surface area contributed by atoms with Gasteiger partial charge in [0.15, 0.2) is 0 Å². The van der Waals surface area contributed by atoms with E-state index in [9.17, 15) is 5.11 Å². The molecule has 0 rings (SSSR count). The van der Waals surface area contributed by atoms with Crippen molar-refractivity contribution in [2.24, 2.45) is 5.92 Å². The van der Waals surface area contributed by atoms with Crippen LogP contribution in [0, 0.1) is 5.92 Å². The van der Waals surface area contributed by atoms with Crippen LogP contribution in [-0.4, -0.2) is 36.5 Å². The van der Waals surface area contributed by atoms with E-state index >= 15 is 0 Å². The van der Waals surface area contributed by atoms with E-state index in [0.717, 1.165) is 0 Å². The Labute approximate surface area is 87.8 Å². The van der Waals surface area contributed by atoms with Crippen LogP contribution in [0.15, 0.2) is 0 Å². The first-order valence-electron chi connectivity index (χ1n) is 5.15. The molecule has 0 heterocycles. The Hall–Kier alpha value is -0.120. The zero-order valence-corrected chi connectivity index (χ0v) is 10.3. The second-order valence-corrected chi connectivity index (χ2v) is 5.32. The standard InChI is InChI=1S/C11H25NO2/c1-9(7-14-6)11(5,13)8-12-10(2,3)4/h9,12-13H,7-8H2,1-6H3. The summed E-state index contributed by atoms with van der Waals surface area (Å²) in [5.74, 6) is 0.127. The number of nitrogens with one attached hydrogen (secondary N) is 1. The van der Waals surface area contributed by atoms with Gasteiger partial charge in [-0.3, -0.25) is 0 Å². The van der Waals surface area contributed by atoms with Gasteiger partial charge in [0.05, 0.1) is 12.2 Å². The van der Waals surface area contributed by atoms with Gasteiger partial charge < -0.3 is 15.2 Å². The SMILES string of the molecule is COCC(C)C(C)(O)CNC(C)(C)C. The molecule has 0 fully saturated rings. The van der Waals surface area contributed by atoms with Crippen molar-refractivity contribution in [1.82, 2.24) is 5.32 Å². The monoisotopic (exact) mass is 203 g/mol. The van der Waals surface area contributed by atoms with Crippen LogP contribution in [0.25, 0.3) is 0 Å². The van der Waals surface area contributed by atoms with Crippen molar-refractivity contribution in [3.8, 4) is 0 Å². The molecule has 0 radical (unpaired) electrons. The molecule has 0 spiro atoms. The quantitative estimate of drug-likeness (QED) is 0.710. The summed E-state index contributed by atoms with van der Waals surface area (Å²) in [6, 6.07) is 0. The number of hydrogen-bond acceptors (Lipinski definition) is 3. The number of aliphatic hydroxyl groups is 1. The molecule has 14 heavy (non-hydrogen) atoms. The molecule has 0 aromatic carbocycles. The van der Waals surface area contributed by atoms with E-state index in [1.54, 1.807) is 7.11 Å². The third-order valence-corrected chi connectivity index (χ3v) is 2.45. The van der Waals surface area contributed by atoms with Crippen molar-refractivity contribution in [3.63, 3.8) is 0 Å². The Kier molecular flexibility index (Phi) is 5.06. The van der Waals surface area contributed by atoms with E-state index in [0.29, 0.717) is 13.2 Å². The van der Waals surface area contributed by atoms with Gasteiger partial charge in [-0.2, -0.15) is 0 Å². The number of ether oxygens (including phenoxy) is 1. The molecule has 0 aliphatic heterocycles. The smallest absolute Gasteiger partial charge is 0.0791 e. The molecule has 86 valence electrons. The summed E-state index contributed by atoms with van der Waals surface area (Å²) in [6.45, 7) is 11.3. The molecule has 0 saturated carbocycles. The minimum atomic E-state index is -0.719. The second kappa shape index (κ2) is 5.10. The highest BCUT2D eigenvalue weighted by molar-refractivity contribution is 4.84. The molecule has 0 saturated heterocycles. The maximum Gasteiger partial charge on any atom is 0.0791 e. The van der Waals surface area contributed by atoms with Gasteiger partial charge in [0.25, 0.3) is 0 Å². The second-order valence-electron chi connectivity index (χ2n) is 5.32. The Morgan fingerprint density at radius 3 is 2.14 bits per heavy atom. The normalized spacial score (nSPS) is 19.1.